The Morgan fingerprint density at radius 3 is 2.52 bits per heavy atom. The van der Waals surface area contributed by atoms with E-state index in [0.717, 1.165) is 10.4 Å². The Bertz CT molecular complexity index is 944. The van der Waals surface area contributed by atoms with Gasteiger partial charge in [0, 0.05) is 18.2 Å². The predicted octanol–water partition coefficient (Wildman–Crippen LogP) is 2.36. The van der Waals surface area contributed by atoms with Crippen molar-refractivity contribution in [2.75, 3.05) is 24.6 Å². The predicted molar refractivity (Wildman–Crippen MR) is 97.3 cm³/mol. The summed E-state index contributed by atoms with van der Waals surface area (Å²) in [7, 11) is -2.86. The summed E-state index contributed by atoms with van der Waals surface area (Å²) in [5.74, 6) is -0.370. The molecule has 0 heterocycles. The van der Waals surface area contributed by atoms with Gasteiger partial charge in [-0.15, -0.1) is 0 Å². The number of hydrogen-bond acceptors (Lipinski definition) is 7. The molecule has 0 fully saturated rings. The Kier molecular flexibility index (Phi) is 6.35. The molecule has 10 heteroatoms. The average molecular weight is 394 g/mol. The van der Waals surface area contributed by atoms with Crippen molar-refractivity contribution in [3.63, 3.8) is 0 Å². The topological polar surface area (TPSA) is 116 Å². The maximum atomic E-state index is 13.1. The van der Waals surface area contributed by atoms with E-state index in [2.05, 4.69) is 0 Å². The van der Waals surface area contributed by atoms with Gasteiger partial charge < -0.3 is 9.47 Å². The molecule has 144 valence electrons. The van der Waals surface area contributed by atoms with Crippen LogP contribution < -0.4 is 9.04 Å². The Morgan fingerprint density at radius 2 is 1.89 bits per heavy atom. The number of hydrogen-bond donors (Lipinski definition) is 0. The highest BCUT2D eigenvalue weighted by atomic mass is 32.2. The number of non-ortho nitro benzene ring substituents is 1. The molecule has 0 amide bonds. The van der Waals surface area contributed by atoms with Gasteiger partial charge in [0.1, 0.15) is 12.3 Å². The molecule has 9 nitrogen and oxygen atoms in total. The summed E-state index contributed by atoms with van der Waals surface area (Å²) in [6, 6.07) is 10.7. The highest BCUT2D eigenvalue weighted by Crippen LogP contribution is 2.28. The Hall–Kier alpha value is -3.14. The van der Waals surface area contributed by atoms with Crippen LogP contribution in [-0.4, -0.2) is 39.6 Å². The van der Waals surface area contributed by atoms with Gasteiger partial charge in [-0.3, -0.25) is 19.2 Å². The number of anilines is 1. The van der Waals surface area contributed by atoms with E-state index in [9.17, 15) is 23.3 Å². The molecule has 0 aliphatic carbocycles. The van der Waals surface area contributed by atoms with Crippen LogP contribution in [0, 0.1) is 10.1 Å². The first-order valence-corrected chi connectivity index (χ1v) is 9.30. The van der Waals surface area contributed by atoms with Crippen LogP contribution in [0.2, 0.25) is 0 Å². The molecular formula is C17H18N2O7S. The van der Waals surface area contributed by atoms with E-state index in [-0.39, 0.29) is 22.9 Å². The number of rotatable bonds is 8. The van der Waals surface area contributed by atoms with Crippen LogP contribution >= 0.6 is 0 Å². The number of nitro groups is 1. The van der Waals surface area contributed by atoms with Crippen LogP contribution in [0.15, 0.2) is 53.4 Å². The molecule has 0 spiro atoms. The smallest absolute Gasteiger partial charge is 0.326 e. The summed E-state index contributed by atoms with van der Waals surface area (Å²) in [5, 5.41) is 11.0. The lowest BCUT2D eigenvalue weighted by Gasteiger charge is -2.24. The third kappa shape index (κ3) is 4.73. The summed E-state index contributed by atoms with van der Waals surface area (Å²) in [5.41, 5.74) is -0.216. The molecule has 0 bridgehead atoms. The molecule has 2 aromatic rings. The van der Waals surface area contributed by atoms with Gasteiger partial charge in [-0.2, -0.15) is 0 Å². The molecule has 27 heavy (non-hydrogen) atoms. The van der Waals surface area contributed by atoms with Gasteiger partial charge in [0.25, 0.3) is 15.7 Å². The van der Waals surface area contributed by atoms with Gasteiger partial charge in [0.2, 0.25) is 0 Å². The van der Waals surface area contributed by atoms with Crippen LogP contribution in [0.3, 0.4) is 0 Å². The zero-order valence-corrected chi connectivity index (χ0v) is 15.5. The van der Waals surface area contributed by atoms with Crippen LogP contribution in [0.1, 0.15) is 6.92 Å². The fourth-order valence-corrected chi connectivity index (χ4v) is 3.73. The van der Waals surface area contributed by atoms with Gasteiger partial charge in [-0.25, -0.2) is 8.42 Å². The minimum absolute atomic E-state index is 0.0850. The molecule has 0 saturated heterocycles. The third-order valence-electron chi connectivity index (χ3n) is 3.54. The van der Waals surface area contributed by atoms with Gasteiger partial charge in [-0.05, 0) is 25.1 Å². The summed E-state index contributed by atoms with van der Waals surface area (Å²) in [6.07, 6.45) is 0. The van der Waals surface area contributed by atoms with Crippen molar-refractivity contribution in [3.05, 3.63) is 58.6 Å². The lowest BCUT2D eigenvalue weighted by molar-refractivity contribution is -0.385. The van der Waals surface area contributed by atoms with Gasteiger partial charge >= 0.3 is 5.97 Å². The Morgan fingerprint density at radius 1 is 1.19 bits per heavy atom. The monoisotopic (exact) mass is 394 g/mol. The normalized spacial score (nSPS) is 10.9. The molecule has 0 atom stereocenters. The van der Waals surface area contributed by atoms with Crippen molar-refractivity contribution < 1.29 is 27.6 Å². The number of esters is 1. The van der Waals surface area contributed by atoms with Crippen LogP contribution in [0.5, 0.6) is 5.75 Å². The van der Waals surface area contributed by atoms with E-state index in [1.165, 1.54) is 37.4 Å². The maximum absolute atomic E-state index is 13.1. The third-order valence-corrected chi connectivity index (χ3v) is 5.31. The van der Waals surface area contributed by atoms with Crippen LogP contribution in [-0.2, 0) is 19.6 Å². The Balaban J connectivity index is 2.55. The van der Waals surface area contributed by atoms with Crippen molar-refractivity contribution in [2.45, 2.75) is 11.8 Å². The zero-order chi connectivity index (χ0) is 20.0. The molecular weight excluding hydrogens is 376 g/mol. The van der Waals surface area contributed by atoms with E-state index in [0.29, 0.717) is 5.75 Å². The molecule has 0 N–H and O–H groups in total. The fourth-order valence-electron chi connectivity index (χ4n) is 2.29. The second-order valence-corrected chi connectivity index (χ2v) is 7.13. The van der Waals surface area contributed by atoms with Crippen molar-refractivity contribution in [1.29, 1.82) is 0 Å². The first-order valence-electron chi connectivity index (χ1n) is 7.86. The van der Waals surface area contributed by atoms with E-state index in [1.54, 1.807) is 19.1 Å². The number of nitrogens with zero attached hydrogens (tertiary/aromatic N) is 2. The number of nitro benzene ring substituents is 1. The molecule has 2 aromatic carbocycles. The number of methoxy groups -OCH3 is 1. The van der Waals surface area contributed by atoms with Crippen LogP contribution in [0.4, 0.5) is 11.4 Å². The fraction of sp³-hybridized carbons (Fsp3) is 0.235. The highest BCUT2D eigenvalue weighted by Gasteiger charge is 2.29. The molecule has 0 aromatic heterocycles. The summed E-state index contributed by atoms with van der Waals surface area (Å²) < 4.78 is 37.0. The second kappa shape index (κ2) is 8.49. The molecule has 0 aliphatic heterocycles. The lowest BCUT2D eigenvalue weighted by Crippen LogP contribution is -2.36. The summed E-state index contributed by atoms with van der Waals surface area (Å²) in [6.45, 7) is 1.09. The van der Waals surface area contributed by atoms with Gasteiger partial charge in [0.05, 0.1) is 29.2 Å². The first kappa shape index (κ1) is 20.2. The minimum Gasteiger partial charge on any atom is -0.497 e. The van der Waals surface area contributed by atoms with E-state index in [4.69, 9.17) is 9.47 Å². The van der Waals surface area contributed by atoms with E-state index >= 15 is 0 Å². The highest BCUT2D eigenvalue weighted by molar-refractivity contribution is 7.92. The quantitative estimate of drug-likeness (QED) is 0.383. The minimum atomic E-state index is -4.28. The van der Waals surface area contributed by atoms with Gasteiger partial charge in [0.15, 0.2) is 0 Å². The standard InChI is InChI=1S/C17H18N2O7S/c1-3-26-17(20)12-18(13-6-4-8-15(10-13)25-2)27(23,24)16-9-5-7-14(11-16)19(21)22/h4-11H,3,12H2,1-2H3. The number of benzene rings is 2. The molecule has 0 saturated carbocycles. The number of ether oxygens (including phenoxy) is 2. The van der Waals surface area contributed by atoms with Crippen LogP contribution in [0.25, 0.3) is 0 Å². The average Bonchev–Trinajstić information content (AvgIpc) is 2.66. The first-order chi connectivity index (χ1) is 12.8. The number of sulfonamides is 1. The lowest BCUT2D eigenvalue weighted by atomic mass is 10.3. The molecule has 0 radical (unpaired) electrons. The van der Waals surface area contributed by atoms with E-state index in [1.807, 2.05) is 0 Å². The molecule has 2 rings (SSSR count). The summed E-state index contributed by atoms with van der Waals surface area (Å²) in [4.78, 5) is 21.9. The SMILES string of the molecule is CCOC(=O)CN(c1cccc(OC)c1)S(=O)(=O)c1cccc([N+](=O)[O-])c1. The number of carbonyl (C=O) groups is 1. The largest absolute Gasteiger partial charge is 0.497 e. The molecule has 0 aliphatic rings. The van der Waals surface area contributed by atoms with E-state index < -0.39 is 27.5 Å². The zero-order valence-electron chi connectivity index (χ0n) is 14.7. The van der Waals surface area contributed by atoms with Gasteiger partial charge in [-0.1, -0.05) is 12.1 Å². The van der Waals surface area contributed by atoms with Crippen molar-refractivity contribution in [2.24, 2.45) is 0 Å². The second-order valence-electron chi connectivity index (χ2n) is 5.27. The summed E-state index contributed by atoms with van der Waals surface area (Å²) >= 11 is 0. The van der Waals surface area contributed by atoms with Crippen molar-refractivity contribution in [3.8, 4) is 5.75 Å². The van der Waals surface area contributed by atoms with Crippen molar-refractivity contribution >= 4 is 27.4 Å². The Labute approximate surface area is 156 Å². The number of carbonyl (C=O) groups excluding carboxylic acids is 1. The van der Waals surface area contributed by atoms with Crippen molar-refractivity contribution in [1.82, 2.24) is 0 Å². The maximum Gasteiger partial charge on any atom is 0.326 e. The molecule has 0 unspecified atom stereocenters.